The molecule has 24 heavy (non-hydrogen) atoms. The number of thiazole rings is 1. The van der Waals surface area contributed by atoms with E-state index in [-0.39, 0.29) is 4.90 Å². The number of methoxy groups -OCH3 is 1. The molecule has 0 spiro atoms. The molecule has 0 aliphatic rings. The summed E-state index contributed by atoms with van der Waals surface area (Å²) in [5.41, 5.74) is 1.81. The first-order chi connectivity index (χ1) is 11.5. The lowest BCUT2D eigenvalue weighted by molar-refractivity contribution is 0.414. The number of aryl methyl sites for hydroxylation is 1. The lowest BCUT2D eigenvalue weighted by atomic mass is 10.2. The van der Waals surface area contributed by atoms with E-state index < -0.39 is 10.0 Å². The van der Waals surface area contributed by atoms with E-state index in [9.17, 15) is 8.42 Å². The molecule has 7 heteroatoms. The molecule has 0 N–H and O–H groups in total. The van der Waals surface area contributed by atoms with Crippen LogP contribution < -0.4 is 9.54 Å². The first-order valence-electron chi connectivity index (χ1n) is 7.18. The lowest BCUT2D eigenvalue weighted by Crippen LogP contribution is -2.14. The molecule has 1 heterocycles. The van der Waals surface area contributed by atoms with Gasteiger partial charge >= 0.3 is 0 Å². The van der Waals surface area contributed by atoms with E-state index >= 15 is 0 Å². The highest BCUT2D eigenvalue weighted by molar-refractivity contribution is 7.90. The van der Waals surface area contributed by atoms with Crippen molar-refractivity contribution in [3.05, 3.63) is 70.5 Å². The number of ether oxygens (including phenoxy) is 1. The summed E-state index contributed by atoms with van der Waals surface area (Å²) >= 11 is 1.26. The molecule has 2 aromatic carbocycles. The van der Waals surface area contributed by atoms with Gasteiger partial charge in [-0.3, -0.25) is 4.57 Å². The predicted molar refractivity (Wildman–Crippen MR) is 94.1 cm³/mol. The molecule has 0 atom stereocenters. The average Bonchev–Trinajstić information content (AvgIpc) is 3.02. The Kier molecular flexibility index (Phi) is 4.55. The Morgan fingerprint density at radius 3 is 2.33 bits per heavy atom. The van der Waals surface area contributed by atoms with E-state index in [0.29, 0.717) is 4.80 Å². The van der Waals surface area contributed by atoms with Gasteiger partial charge in [-0.05, 0) is 43.3 Å². The number of hydrogen-bond acceptors (Lipinski definition) is 4. The molecule has 5 nitrogen and oxygen atoms in total. The summed E-state index contributed by atoms with van der Waals surface area (Å²) in [4.78, 5) is 0.573. The second-order valence-electron chi connectivity index (χ2n) is 5.13. The fourth-order valence-corrected chi connectivity index (χ4v) is 4.07. The van der Waals surface area contributed by atoms with Crippen LogP contribution in [0.4, 0.5) is 0 Å². The van der Waals surface area contributed by atoms with Crippen molar-refractivity contribution < 1.29 is 13.2 Å². The largest absolute Gasteiger partial charge is 0.497 e. The molecule has 1 aromatic heterocycles. The fourth-order valence-electron chi connectivity index (χ4n) is 2.14. The molecule has 0 bridgehead atoms. The van der Waals surface area contributed by atoms with Gasteiger partial charge in [-0.1, -0.05) is 17.7 Å². The molecule has 124 valence electrons. The zero-order valence-electron chi connectivity index (χ0n) is 13.2. The van der Waals surface area contributed by atoms with Crippen molar-refractivity contribution in [2.45, 2.75) is 11.8 Å². The molecule has 3 rings (SSSR count). The molecule has 0 saturated carbocycles. The number of nitrogens with zero attached hydrogens (tertiary/aromatic N) is 2. The molecular weight excluding hydrogens is 344 g/mol. The summed E-state index contributed by atoms with van der Waals surface area (Å²) in [6.07, 6.45) is 1.79. The molecule has 0 aliphatic heterocycles. The van der Waals surface area contributed by atoms with Crippen LogP contribution in [0.1, 0.15) is 5.56 Å². The fraction of sp³-hybridized carbons (Fsp3) is 0.118. The van der Waals surface area contributed by atoms with Crippen molar-refractivity contribution in [1.82, 2.24) is 4.57 Å². The van der Waals surface area contributed by atoms with Gasteiger partial charge < -0.3 is 4.74 Å². The minimum Gasteiger partial charge on any atom is -0.497 e. The van der Waals surface area contributed by atoms with Crippen molar-refractivity contribution >= 4 is 21.4 Å². The second kappa shape index (κ2) is 6.62. The van der Waals surface area contributed by atoms with Gasteiger partial charge in [0.05, 0.1) is 12.0 Å². The average molecular weight is 360 g/mol. The van der Waals surface area contributed by atoms with Gasteiger partial charge in [-0.15, -0.1) is 15.7 Å². The first kappa shape index (κ1) is 16.5. The molecule has 0 fully saturated rings. The van der Waals surface area contributed by atoms with Gasteiger partial charge in [0, 0.05) is 17.3 Å². The van der Waals surface area contributed by atoms with Crippen LogP contribution in [0.25, 0.3) is 5.69 Å². The Labute approximate surface area is 144 Å². The van der Waals surface area contributed by atoms with Crippen LogP contribution in [-0.2, 0) is 10.0 Å². The smallest absolute Gasteiger partial charge is 0.285 e. The van der Waals surface area contributed by atoms with E-state index in [1.165, 1.54) is 11.3 Å². The zero-order valence-corrected chi connectivity index (χ0v) is 14.8. The molecule has 0 radical (unpaired) electrons. The van der Waals surface area contributed by atoms with Gasteiger partial charge in [0.1, 0.15) is 5.75 Å². The zero-order chi connectivity index (χ0) is 17.2. The van der Waals surface area contributed by atoms with Crippen molar-refractivity contribution in [3.63, 3.8) is 0 Å². The van der Waals surface area contributed by atoms with Crippen molar-refractivity contribution in [2.24, 2.45) is 4.40 Å². The Balaban J connectivity index is 2.05. The number of hydrogen-bond donors (Lipinski definition) is 0. The maximum Gasteiger partial charge on any atom is 0.285 e. The summed E-state index contributed by atoms with van der Waals surface area (Å²) < 4.78 is 35.9. The number of benzene rings is 2. The van der Waals surface area contributed by atoms with Crippen molar-refractivity contribution in [1.29, 1.82) is 0 Å². The Bertz CT molecular complexity index is 999. The molecule has 0 aliphatic carbocycles. The van der Waals surface area contributed by atoms with E-state index in [2.05, 4.69) is 4.40 Å². The first-order valence-corrected chi connectivity index (χ1v) is 9.50. The lowest BCUT2D eigenvalue weighted by Gasteiger charge is -2.05. The van der Waals surface area contributed by atoms with E-state index in [4.69, 9.17) is 4.74 Å². The van der Waals surface area contributed by atoms with Crippen LogP contribution in [0, 0.1) is 6.92 Å². The third kappa shape index (κ3) is 3.42. The van der Waals surface area contributed by atoms with E-state index in [1.807, 2.05) is 31.2 Å². The number of sulfonamides is 1. The Morgan fingerprint density at radius 1 is 1.04 bits per heavy atom. The summed E-state index contributed by atoms with van der Waals surface area (Å²) in [5, 5.41) is 1.80. The quantitative estimate of drug-likeness (QED) is 0.718. The standard InChI is InChI=1S/C17H16N2O3S2/c1-13-3-9-16(10-4-13)24(20,21)18-17-19(11-12-23-17)14-5-7-15(22-2)8-6-14/h3-12H,1-2H3/b18-17+. The third-order valence-electron chi connectivity index (χ3n) is 3.46. The second-order valence-corrected chi connectivity index (χ2v) is 7.61. The highest BCUT2D eigenvalue weighted by Gasteiger charge is 2.13. The SMILES string of the molecule is COc1ccc(-n2ccs/c2=N/S(=O)(=O)c2ccc(C)cc2)cc1. The van der Waals surface area contributed by atoms with Crippen molar-refractivity contribution in [3.8, 4) is 11.4 Å². The van der Waals surface area contributed by atoms with Crippen LogP contribution in [0.3, 0.4) is 0 Å². The van der Waals surface area contributed by atoms with Crippen molar-refractivity contribution in [2.75, 3.05) is 7.11 Å². The maximum atomic E-state index is 12.5. The minimum atomic E-state index is -3.75. The Hall–Kier alpha value is -2.38. The van der Waals surface area contributed by atoms with E-state index in [0.717, 1.165) is 17.0 Å². The summed E-state index contributed by atoms with van der Waals surface area (Å²) in [7, 11) is -2.15. The molecule has 0 amide bonds. The number of aromatic nitrogens is 1. The number of rotatable bonds is 4. The van der Waals surface area contributed by atoms with Gasteiger partial charge in [0.2, 0.25) is 4.80 Å². The van der Waals surface area contributed by atoms with Crippen LogP contribution in [0.15, 0.2) is 69.4 Å². The van der Waals surface area contributed by atoms with Gasteiger partial charge in [0.25, 0.3) is 10.0 Å². The third-order valence-corrected chi connectivity index (χ3v) is 5.61. The van der Waals surface area contributed by atoms with Crippen LogP contribution in [0.2, 0.25) is 0 Å². The maximum absolute atomic E-state index is 12.5. The van der Waals surface area contributed by atoms with Gasteiger partial charge in [-0.25, -0.2) is 0 Å². The highest BCUT2D eigenvalue weighted by Crippen LogP contribution is 2.16. The summed E-state index contributed by atoms with van der Waals surface area (Å²) in [5.74, 6) is 0.736. The minimum absolute atomic E-state index is 0.183. The topological polar surface area (TPSA) is 60.7 Å². The molecule has 0 unspecified atom stereocenters. The monoisotopic (exact) mass is 360 g/mol. The normalized spacial score (nSPS) is 12.3. The summed E-state index contributed by atoms with van der Waals surface area (Å²) in [6.45, 7) is 1.91. The highest BCUT2D eigenvalue weighted by atomic mass is 32.2. The molecule has 0 saturated heterocycles. The van der Waals surface area contributed by atoms with E-state index in [1.54, 1.807) is 47.5 Å². The van der Waals surface area contributed by atoms with Gasteiger partial charge in [0.15, 0.2) is 0 Å². The molecule has 3 aromatic rings. The Morgan fingerprint density at radius 2 is 1.71 bits per heavy atom. The van der Waals surface area contributed by atoms with Gasteiger partial charge in [-0.2, -0.15) is 8.42 Å². The predicted octanol–water partition coefficient (Wildman–Crippen LogP) is 3.15. The van der Waals surface area contributed by atoms with Crippen LogP contribution >= 0.6 is 11.3 Å². The van der Waals surface area contributed by atoms with Crippen LogP contribution in [0.5, 0.6) is 5.75 Å². The van der Waals surface area contributed by atoms with Crippen LogP contribution in [-0.4, -0.2) is 20.1 Å². The molecular formula is C17H16N2O3S2. The summed E-state index contributed by atoms with van der Waals surface area (Å²) in [6, 6.07) is 14.0.